The van der Waals surface area contributed by atoms with E-state index in [0.29, 0.717) is 75.1 Å². The van der Waals surface area contributed by atoms with Gasteiger partial charge in [-0.15, -0.1) is 0 Å². The van der Waals surface area contributed by atoms with Gasteiger partial charge in [0, 0.05) is 26.3 Å². The minimum atomic E-state index is 0. The van der Waals surface area contributed by atoms with Crippen LogP contribution in [0.1, 0.15) is 83.1 Å². The second-order valence-corrected chi connectivity index (χ2v) is 17.7. The van der Waals surface area contributed by atoms with Crippen molar-refractivity contribution in [2.75, 3.05) is 39.6 Å². The van der Waals surface area contributed by atoms with Gasteiger partial charge in [0.15, 0.2) is 0 Å². The molecular weight excluding hydrogens is 937 g/mol. The van der Waals surface area contributed by atoms with Gasteiger partial charge in [-0.2, -0.15) is 0 Å². The molecule has 288 valence electrons. The molecule has 0 saturated carbocycles. The minimum Gasteiger partial charge on any atom is -0.513 e. The van der Waals surface area contributed by atoms with Gasteiger partial charge in [-0.25, -0.2) is 0 Å². The van der Waals surface area contributed by atoms with E-state index in [1.54, 1.807) is 0 Å². The maximum Gasteiger partial charge on any atom is 6.00 e. The quantitative estimate of drug-likeness (QED) is 0.106. The summed E-state index contributed by atoms with van der Waals surface area (Å²) in [5, 5.41) is 0. The number of hydrogen-bond acceptors (Lipinski definition) is 18. The van der Waals surface area contributed by atoms with Crippen molar-refractivity contribution in [1.29, 1.82) is 0 Å². The maximum absolute atomic E-state index is 4.85. The Bertz CT molecular complexity index is 661. The second-order valence-electron chi connectivity index (χ2n) is 11.7. The van der Waals surface area contributed by atoms with Crippen molar-refractivity contribution in [2.45, 2.75) is 83.1 Å². The van der Waals surface area contributed by atoms with Gasteiger partial charge in [0.05, 0.1) is 39.6 Å². The molecule has 0 aromatic carbocycles. The van der Waals surface area contributed by atoms with Crippen molar-refractivity contribution in [3.05, 3.63) is 0 Å². The Morgan fingerprint density at radius 2 is 0.388 bits per heavy atom. The molecule has 0 N–H and O–H groups in total. The van der Waals surface area contributed by atoms with Crippen LogP contribution in [0.2, 0.25) is 0 Å². The Morgan fingerprint density at radius 1 is 0.306 bits per heavy atom. The Morgan fingerprint density at radius 3 is 0.408 bits per heavy atom. The van der Waals surface area contributed by atoms with E-state index in [0.717, 1.165) is 0 Å². The van der Waals surface area contributed by atoms with E-state index in [1.165, 1.54) is 0 Å². The summed E-state index contributed by atoms with van der Waals surface area (Å²) < 4.78 is 30.4. The molecule has 49 heavy (non-hydrogen) atoms. The van der Waals surface area contributed by atoms with Crippen LogP contribution in [0.4, 0.5) is 0 Å². The van der Waals surface area contributed by atoms with E-state index in [2.05, 4.69) is 149 Å². The number of hydrogen-bond donors (Lipinski definition) is 0. The molecule has 0 aliphatic heterocycles. The van der Waals surface area contributed by atoms with Gasteiger partial charge in [-0.3, -0.25) is 0 Å². The Labute approximate surface area is 379 Å². The summed E-state index contributed by atoms with van der Waals surface area (Å²) >= 11 is 54.1. The molecule has 0 unspecified atom stereocenters. The zero-order valence-electron chi connectivity index (χ0n) is 30.5. The molecule has 0 rings (SSSR count). The van der Waals surface area contributed by atoms with Crippen molar-refractivity contribution in [3.63, 3.8) is 0 Å². The van der Waals surface area contributed by atoms with Gasteiger partial charge < -0.3 is 178 Å². The van der Waals surface area contributed by atoms with E-state index >= 15 is 0 Å². The first kappa shape index (κ1) is 65.3. The monoisotopic (exact) mass is 992 g/mol. The molecule has 0 radical (unpaired) electrons. The predicted octanol–water partition coefficient (Wildman–Crippen LogP) is 8.94. The van der Waals surface area contributed by atoms with E-state index in [-0.39, 0.29) is 47.4 Å². The summed E-state index contributed by atoms with van der Waals surface area (Å²) in [6, 6.07) is 0. The largest absolute Gasteiger partial charge is 6.00 e. The summed E-state index contributed by atoms with van der Waals surface area (Å²) in [7, 11) is 0. The summed E-state index contributed by atoms with van der Waals surface area (Å²) in [5.74, 6) is 3.06. The van der Waals surface area contributed by atoms with Crippen molar-refractivity contribution in [2.24, 2.45) is 35.5 Å². The molecule has 0 aliphatic carbocycles. The standard InChI is InChI=1S/6C5H10OS2.Mo/c6*1-4(2)3-6-5(7)8;/h6*4H,3H2,1-2H3,(H,7,8);/q;;;;;;+6/p-6. The van der Waals surface area contributed by atoms with Gasteiger partial charge >= 0.3 is 21.1 Å². The smallest absolute Gasteiger partial charge is 0.513 e. The van der Waals surface area contributed by atoms with E-state index in [1.807, 2.05) is 83.1 Å². The van der Waals surface area contributed by atoms with Crippen LogP contribution < -0.4 is 0 Å². The van der Waals surface area contributed by atoms with Gasteiger partial charge in [0.2, 0.25) is 0 Å². The fraction of sp³-hybridized carbons (Fsp3) is 0.800. The summed E-state index contributed by atoms with van der Waals surface area (Å²) in [5.41, 5.74) is 0. The minimum absolute atomic E-state index is 0. The Balaban J connectivity index is -0.0000000860. The van der Waals surface area contributed by atoms with Crippen LogP contribution in [0.5, 0.6) is 0 Å². The normalized spacial score (nSPS) is 9.18. The zero-order chi connectivity index (χ0) is 39.4. The molecule has 0 saturated heterocycles. The van der Waals surface area contributed by atoms with Crippen molar-refractivity contribution >= 4 is 175 Å². The van der Waals surface area contributed by atoms with Crippen molar-refractivity contribution in [3.8, 4) is 0 Å². The molecule has 6 nitrogen and oxygen atoms in total. The number of thiocarbonyl (C=S) groups is 6. The molecule has 0 heterocycles. The van der Waals surface area contributed by atoms with Crippen LogP contribution in [0.15, 0.2) is 0 Å². The van der Waals surface area contributed by atoms with Crippen molar-refractivity contribution < 1.29 is 49.5 Å². The van der Waals surface area contributed by atoms with Crippen LogP contribution in [0.3, 0.4) is 0 Å². The second kappa shape index (κ2) is 47.4. The average molecular weight is 992 g/mol. The van der Waals surface area contributed by atoms with Gasteiger partial charge in [0.25, 0.3) is 0 Å². The fourth-order valence-electron chi connectivity index (χ4n) is 1.41. The molecule has 0 aromatic heterocycles. The topological polar surface area (TPSA) is 55.4 Å². The van der Waals surface area contributed by atoms with E-state index < -0.39 is 0 Å². The van der Waals surface area contributed by atoms with Crippen molar-refractivity contribution in [1.82, 2.24) is 0 Å². The van der Waals surface area contributed by atoms with E-state index in [4.69, 9.17) is 28.4 Å². The number of ether oxygens (including phenoxy) is 6. The first-order valence-electron chi connectivity index (χ1n) is 14.8. The first-order valence-corrected chi connectivity index (χ1v) is 19.7. The zero-order valence-corrected chi connectivity index (χ0v) is 42.3. The van der Waals surface area contributed by atoms with Gasteiger partial charge in [0.1, 0.15) is 0 Å². The molecule has 0 atom stereocenters. The predicted molar refractivity (Wildman–Crippen MR) is 245 cm³/mol. The molecule has 0 fully saturated rings. The van der Waals surface area contributed by atoms with Gasteiger partial charge in [-0.05, 0) is 35.5 Å². The molecule has 19 heteroatoms. The summed E-state index contributed by atoms with van der Waals surface area (Å²) in [6.45, 7) is 28.4. The molecular formula is C30H54MoO6S12. The molecule has 0 amide bonds. The van der Waals surface area contributed by atoms with Crippen LogP contribution in [-0.2, 0) is 125 Å². The Kier molecular flexibility index (Phi) is 63.1. The first-order chi connectivity index (χ1) is 21.8. The molecule has 0 aromatic rings. The third-order valence-corrected chi connectivity index (χ3v) is 4.62. The van der Waals surface area contributed by atoms with Gasteiger partial charge in [-0.1, -0.05) is 83.1 Å². The van der Waals surface area contributed by atoms with Crippen LogP contribution >= 0.6 is 73.3 Å². The number of rotatable bonds is 12. The third-order valence-electron chi connectivity index (χ3n) is 3.21. The molecule has 0 spiro atoms. The van der Waals surface area contributed by atoms with Crippen LogP contribution in [-0.4, -0.2) is 65.9 Å². The fourth-order valence-corrected chi connectivity index (χ4v) is 2.22. The molecule has 0 aliphatic rings. The van der Waals surface area contributed by atoms with E-state index in [9.17, 15) is 0 Å². The van der Waals surface area contributed by atoms with Crippen LogP contribution in [0.25, 0.3) is 0 Å². The molecule has 0 bridgehead atoms. The summed E-state index contributed by atoms with van der Waals surface area (Å²) in [6.07, 6.45) is 0. The van der Waals surface area contributed by atoms with Crippen LogP contribution in [0, 0.1) is 35.5 Å². The summed E-state index contributed by atoms with van der Waals surface area (Å²) in [4.78, 5) is 0. The third kappa shape index (κ3) is 113. The average Bonchev–Trinajstić information content (AvgIpc) is 2.92. The maximum atomic E-state index is 4.85. The Hall–Kier alpha value is 1.35. The SMILES string of the molecule is CC(C)COC(=S)[S-].CC(C)COC(=S)[S-].CC(C)COC(=S)[S-].CC(C)COC(=S)[S-].CC(C)COC(=S)[S-].CC(C)COC(=S)[S-].[Mo+6].